The maximum atomic E-state index is 12.4. The molecule has 0 unspecified atom stereocenters. The minimum Gasteiger partial charge on any atom is -0.496 e. The average molecular weight is 424 g/mol. The molecule has 0 radical (unpaired) electrons. The Bertz CT molecular complexity index is 1240. The molecule has 11 heteroatoms. The highest BCUT2D eigenvalue weighted by Gasteiger charge is 2.19. The van der Waals surface area contributed by atoms with E-state index in [0.717, 1.165) is 6.07 Å². The van der Waals surface area contributed by atoms with Crippen molar-refractivity contribution in [1.29, 1.82) is 0 Å². The lowest BCUT2D eigenvalue weighted by Crippen LogP contribution is -2.16. The quantitative estimate of drug-likeness (QED) is 0.593. The Morgan fingerprint density at radius 1 is 1.25 bits per heavy atom. The highest BCUT2D eigenvalue weighted by atomic mass is 35.5. The fourth-order valence-electron chi connectivity index (χ4n) is 2.46. The molecular formula is C17H14ClN3O6S. The van der Waals surface area contributed by atoms with Crippen LogP contribution in [0.25, 0.3) is 10.9 Å². The monoisotopic (exact) mass is 423 g/mol. The summed E-state index contributed by atoms with van der Waals surface area (Å²) in [5.74, 6) is -0.685. The van der Waals surface area contributed by atoms with E-state index in [2.05, 4.69) is 9.97 Å². The first-order valence-corrected chi connectivity index (χ1v) is 9.68. The van der Waals surface area contributed by atoms with Crippen LogP contribution in [0.2, 0.25) is 5.02 Å². The van der Waals surface area contributed by atoms with E-state index in [1.165, 1.54) is 31.4 Å². The van der Waals surface area contributed by atoms with Gasteiger partial charge in [0.25, 0.3) is 5.56 Å². The molecule has 0 aliphatic rings. The molecule has 0 aliphatic heterocycles. The van der Waals surface area contributed by atoms with Gasteiger partial charge in [-0.05, 0) is 36.4 Å². The van der Waals surface area contributed by atoms with Gasteiger partial charge in [0, 0.05) is 5.02 Å². The number of carbonyl (C=O) groups excluding carboxylic acids is 1. The number of primary sulfonamides is 1. The SMILES string of the molecule is COc1ccc(S(N)(=O)=O)cc1C(=O)OCc1nc2cc(Cl)ccc2c(=O)[nH]1. The minimum atomic E-state index is -4.02. The normalized spacial score (nSPS) is 11.4. The minimum absolute atomic E-state index is 0.0923. The Labute approximate surface area is 164 Å². The smallest absolute Gasteiger partial charge is 0.342 e. The largest absolute Gasteiger partial charge is 0.496 e. The Kier molecular flexibility index (Phi) is 5.36. The number of hydrogen-bond donors (Lipinski definition) is 2. The molecule has 0 bridgehead atoms. The van der Waals surface area contributed by atoms with E-state index < -0.39 is 21.6 Å². The van der Waals surface area contributed by atoms with Crippen molar-refractivity contribution in [2.24, 2.45) is 5.14 Å². The number of halogens is 1. The van der Waals surface area contributed by atoms with Gasteiger partial charge in [-0.15, -0.1) is 0 Å². The highest BCUT2D eigenvalue weighted by molar-refractivity contribution is 7.89. The number of fused-ring (bicyclic) bond motifs is 1. The van der Waals surface area contributed by atoms with Crippen LogP contribution in [0.15, 0.2) is 46.1 Å². The zero-order valence-corrected chi connectivity index (χ0v) is 16.0. The van der Waals surface area contributed by atoms with Crippen LogP contribution >= 0.6 is 11.6 Å². The molecule has 0 atom stereocenters. The molecule has 28 heavy (non-hydrogen) atoms. The van der Waals surface area contributed by atoms with Crippen LogP contribution in [-0.4, -0.2) is 31.5 Å². The predicted octanol–water partition coefficient (Wildman–Crippen LogP) is 1.59. The lowest BCUT2D eigenvalue weighted by Gasteiger charge is -2.10. The summed E-state index contributed by atoms with van der Waals surface area (Å²) in [5.41, 5.74) is -0.210. The van der Waals surface area contributed by atoms with E-state index in [4.69, 9.17) is 26.2 Å². The van der Waals surface area contributed by atoms with Gasteiger partial charge >= 0.3 is 5.97 Å². The van der Waals surface area contributed by atoms with Crippen LogP contribution in [-0.2, 0) is 21.4 Å². The number of nitrogens with two attached hydrogens (primary N) is 1. The molecule has 0 aliphatic carbocycles. The third-order valence-electron chi connectivity index (χ3n) is 3.78. The van der Waals surface area contributed by atoms with Crippen molar-refractivity contribution in [2.75, 3.05) is 7.11 Å². The van der Waals surface area contributed by atoms with E-state index in [0.29, 0.717) is 15.9 Å². The summed E-state index contributed by atoms with van der Waals surface area (Å²) in [5, 5.41) is 5.82. The number of nitrogens with zero attached hydrogens (tertiary/aromatic N) is 1. The summed E-state index contributed by atoms with van der Waals surface area (Å²) in [6.45, 7) is -0.362. The van der Waals surface area contributed by atoms with Gasteiger partial charge in [0.2, 0.25) is 10.0 Å². The summed E-state index contributed by atoms with van der Waals surface area (Å²) in [6.07, 6.45) is 0. The second kappa shape index (κ2) is 7.58. The standard InChI is InChI=1S/C17H14ClN3O6S/c1-26-14-5-3-10(28(19,24)25)7-12(14)17(23)27-8-15-20-13-6-9(18)2-4-11(13)16(22)21-15/h2-7H,8H2,1H3,(H2,19,24,25)(H,20,21,22). The Hall–Kier alpha value is -2.95. The second-order valence-corrected chi connectivity index (χ2v) is 7.66. The number of H-pyrrole nitrogens is 1. The molecule has 9 nitrogen and oxygen atoms in total. The average Bonchev–Trinajstić information content (AvgIpc) is 2.64. The lowest BCUT2D eigenvalue weighted by molar-refractivity contribution is 0.0458. The van der Waals surface area contributed by atoms with Gasteiger partial charge in [0.15, 0.2) is 0 Å². The van der Waals surface area contributed by atoms with Gasteiger partial charge < -0.3 is 14.5 Å². The molecule has 0 saturated heterocycles. The first kappa shape index (κ1) is 19.8. The van der Waals surface area contributed by atoms with Crippen molar-refractivity contribution in [3.05, 3.63) is 63.2 Å². The molecule has 1 aromatic heterocycles. The van der Waals surface area contributed by atoms with Crippen LogP contribution in [0.5, 0.6) is 5.75 Å². The van der Waals surface area contributed by atoms with E-state index in [1.807, 2.05) is 0 Å². The number of sulfonamides is 1. The molecule has 3 aromatic rings. The number of hydrogen-bond acceptors (Lipinski definition) is 7. The number of aromatic nitrogens is 2. The van der Waals surface area contributed by atoms with Gasteiger partial charge in [-0.2, -0.15) is 0 Å². The Morgan fingerprint density at radius 3 is 2.68 bits per heavy atom. The first-order chi connectivity index (χ1) is 13.2. The number of benzene rings is 2. The van der Waals surface area contributed by atoms with Crippen molar-refractivity contribution in [2.45, 2.75) is 11.5 Å². The van der Waals surface area contributed by atoms with Crippen molar-refractivity contribution in [1.82, 2.24) is 9.97 Å². The van der Waals surface area contributed by atoms with Gasteiger partial charge in [-0.1, -0.05) is 11.6 Å². The maximum absolute atomic E-state index is 12.4. The molecule has 1 heterocycles. The van der Waals surface area contributed by atoms with Crippen LogP contribution in [0, 0.1) is 0 Å². The lowest BCUT2D eigenvalue weighted by atomic mass is 10.2. The molecule has 0 amide bonds. The summed E-state index contributed by atoms with van der Waals surface area (Å²) in [4.78, 5) is 30.9. The maximum Gasteiger partial charge on any atom is 0.342 e. The van der Waals surface area contributed by atoms with Crippen molar-refractivity contribution in [3.63, 3.8) is 0 Å². The van der Waals surface area contributed by atoms with Gasteiger partial charge in [0.1, 0.15) is 23.7 Å². The van der Waals surface area contributed by atoms with Crippen LogP contribution in [0.4, 0.5) is 0 Å². The molecule has 0 saturated carbocycles. The summed E-state index contributed by atoms with van der Waals surface area (Å²) >= 11 is 5.91. The second-order valence-electron chi connectivity index (χ2n) is 5.66. The Balaban J connectivity index is 1.88. The van der Waals surface area contributed by atoms with E-state index in [1.54, 1.807) is 6.07 Å². The number of esters is 1. The number of ether oxygens (including phenoxy) is 2. The molecular weight excluding hydrogens is 410 g/mol. The Morgan fingerprint density at radius 2 is 2.00 bits per heavy atom. The zero-order valence-electron chi connectivity index (χ0n) is 14.4. The number of methoxy groups -OCH3 is 1. The summed E-state index contributed by atoms with van der Waals surface area (Å²) in [6, 6.07) is 8.14. The zero-order chi connectivity index (χ0) is 20.5. The van der Waals surface area contributed by atoms with Crippen molar-refractivity contribution in [3.8, 4) is 5.75 Å². The topological polar surface area (TPSA) is 141 Å². The van der Waals surface area contributed by atoms with Crippen LogP contribution in [0.1, 0.15) is 16.2 Å². The third kappa shape index (κ3) is 4.14. The molecule has 146 valence electrons. The highest BCUT2D eigenvalue weighted by Crippen LogP contribution is 2.23. The fraction of sp³-hybridized carbons (Fsp3) is 0.118. The van der Waals surface area contributed by atoms with Gasteiger partial charge in [-0.25, -0.2) is 23.3 Å². The van der Waals surface area contributed by atoms with E-state index >= 15 is 0 Å². The summed E-state index contributed by atoms with van der Waals surface area (Å²) < 4.78 is 33.2. The molecule has 0 fully saturated rings. The number of rotatable bonds is 5. The number of nitrogens with one attached hydrogen (secondary N) is 1. The number of aromatic amines is 1. The summed E-state index contributed by atoms with van der Waals surface area (Å²) in [7, 11) is -2.71. The predicted molar refractivity (Wildman–Crippen MR) is 101 cm³/mol. The fourth-order valence-corrected chi connectivity index (χ4v) is 3.17. The first-order valence-electron chi connectivity index (χ1n) is 7.75. The third-order valence-corrected chi connectivity index (χ3v) is 4.92. The molecule has 0 spiro atoms. The van der Waals surface area contributed by atoms with Gasteiger partial charge in [-0.3, -0.25) is 4.79 Å². The van der Waals surface area contributed by atoms with E-state index in [9.17, 15) is 18.0 Å². The van der Waals surface area contributed by atoms with Crippen LogP contribution < -0.4 is 15.4 Å². The molecule has 3 N–H and O–H groups in total. The van der Waals surface area contributed by atoms with Crippen molar-refractivity contribution < 1.29 is 22.7 Å². The van der Waals surface area contributed by atoms with Crippen molar-refractivity contribution >= 4 is 38.5 Å². The molecule has 2 aromatic carbocycles. The van der Waals surface area contributed by atoms with Crippen LogP contribution in [0.3, 0.4) is 0 Å². The van der Waals surface area contributed by atoms with E-state index in [-0.39, 0.29) is 28.6 Å². The number of carbonyl (C=O) groups is 1. The molecule has 3 rings (SSSR count). The van der Waals surface area contributed by atoms with Gasteiger partial charge in [0.05, 0.1) is 22.9 Å².